The van der Waals surface area contributed by atoms with Crippen molar-refractivity contribution in [1.82, 2.24) is 19.8 Å². The van der Waals surface area contributed by atoms with Gasteiger partial charge in [-0.05, 0) is 59.9 Å². The number of carbonyl (C=O) groups excluding carboxylic acids is 1. The minimum absolute atomic E-state index is 0.193. The molecule has 0 unspecified atom stereocenters. The molecule has 0 radical (unpaired) electrons. The van der Waals surface area contributed by atoms with E-state index >= 15 is 0 Å². The monoisotopic (exact) mass is 548 g/mol. The van der Waals surface area contributed by atoms with Crippen LogP contribution in [0.4, 0.5) is 0 Å². The number of fused-ring (bicyclic) bond motifs is 1. The Morgan fingerprint density at radius 2 is 1.52 bits per heavy atom. The Kier molecular flexibility index (Phi) is 7.94. The minimum atomic E-state index is 0.193. The van der Waals surface area contributed by atoms with Crippen LogP contribution in [0.5, 0.6) is 0 Å². The van der Waals surface area contributed by atoms with Gasteiger partial charge in [0.05, 0.1) is 17.4 Å². The molecule has 6 rings (SSSR count). The van der Waals surface area contributed by atoms with E-state index in [4.69, 9.17) is 11.6 Å². The van der Waals surface area contributed by atoms with Crippen LogP contribution in [0.15, 0.2) is 103 Å². The fourth-order valence-electron chi connectivity index (χ4n) is 5.90. The van der Waals surface area contributed by atoms with Crippen molar-refractivity contribution in [2.24, 2.45) is 0 Å². The van der Waals surface area contributed by atoms with Crippen LogP contribution in [0.25, 0.3) is 22.3 Å². The number of nitrogens with one attached hydrogen (secondary N) is 1. The van der Waals surface area contributed by atoms with Crippen LogP contribution in [0.3, 0.4) is 0 Å². The molecular weight excluding hydrogens is 516 g/mol. The molecule has 1 N–H and O–H groups in total. The summed E-state index contributed by atoms with van der Waals surface area (Å²) in [6, 6.07) is 33.4. The maximum absolute atomic E-state index is 13.3. The van der Waals surface area contributed by atoms with Crippen LogP contribution in [0.2, 0.25) is 5.02 Å². The highest BCUT2D eigenvalue weighted by Gasteiger charge is 2.28. The molecule has 0 saturated carbocycles. The van der Waals surface area contributed by atoms with Crippen molar-refractivity contribution in [1.29, 1.82) is 0 Å². The lowest BCUT2D eigenvalue weighted by molar-refractivity contribution is -0.133. The summed E-state index contributed by atoms with van der Waals surface area (Å²) < 4.78 is 0. The van der Waals surface area contributed by atoms with Gasteiger partial charge in [-0.3, -0.25) is 14.7 Å². The van der Waals surface area contributed by atoms with Gasteiger partial charge in [0.2, 0.25) is 5.91 Å². The molecule has 2 aromatic heterocycles. The van der Waals surface area contributed by atoms with E-state index in [-0.39, 0.29) is 11.9 Å². The second kappa shape index (κ2) is 12.1. The topological polar surface area (TPSA) is 52.2 Å². The summed E-state index contributed by atoms with van der Waals surface area (Å²) >= 11 is 6.35. The average molecular weight is 549 g/mol. The third-order valence-electron chi connectivity index (χ3n) is 7.87. The Morgan fingerprint density at radius 1 is 0.850 bits per heavy atom. The van der Waals surface area contributed by atoms with E-state index in [1.807, 2.05) is 41.3 Å². The fraction of sp³-hybridized carbons (Fsp3) is 0.235. The van der Waals surface area contributed by atoms with Gasteiger partial charge in [0, 0.05) is 54.7 Å². The summed E-state index contributed by atoms with van der Waals surface area (Å²) in [4.78, 5) is 25.9. The van der Waals surface area contributed by atoms with Crippen molar-refractivity contribution >= 4 is 28.4 Å². The molecule has 3 aromatic carbocycles. The number of aromatic nitrogens is 2. The van der Waals surface area contributed by atoms with Crippen molar-refractivity contribution in [2.45, 2.75) is 25.3 Å². The second-order valence-corrected chi connectivity index (χ2v) is 10.8. The number of benzene rings is 3. The molecule has 5 nitrogen and oxygen atoms in total. The molecule has 202 valence electrons. The molecule has 6 heteroatoms. The lowest BCUT2D eigenvalue weighted by Gasteiger charge is -2.40. The number of piperazine rings is 1. The van der Waals surface area contributed by atoms with Crippen LogP contribution >= 0.6 is 11.6 Å². The Hall–Kier alpha value is -3.93. The van der Waals surface area contributed by atoms with Crippen LogP contribution in [0, 0.1) is 0 Å². The molecule has 1 aliphatic heterocycles. The summed E-state index contributed by atoms with van der Waals surface area (Å²) in [5.74, 6) is 0.230. The molecule has 1 fully saturated rings. The zero-order chi connectivity index (χ0) is 27.3. The van der Waals surface area contributed by atoms with E-state index in [9.17, 15) is 4.79 Å². The fourth-order valence-corrected chi connectivity index (χ4v) is 6.07. The Morgan fingerprint density at radius 3 is 2.17 bits per heavy atom. The third kappa shape index (κ3) is 5.67. The number of aryl methyl sites for hydroxylation is 1. The molecule has 1 saturated heterocycles. The largest absolute Gasteiger partial charge is 0.353 e. The van der Waals surface area contributed by atoms with Crippen molar-refractivity contribution in [3.63, 3.8) is 0 Å². The average Bonchev–Trinajstić information content (AvgIpc) is 3.36. The number of H-pyrrole nitrogens is 1. The maximum Gasteiger partial charge on any atom is 0.222 e. The Labute approximate surface area is 240 Å². The maximum atomic E-state index is 13.3. The normalized spacial score (nSPS) is 14.2. The van der Waals surface area contributed by atoms with Crippen molar-refractivity contribution < 1.29 is 4.79 Å². The number of hydrogen-bond acceptors (Lipinski definition) is 3. The van der Waals surface area contributed by atoms with Gasteiger partial charge in [-0.2, -0.15) is 0 Å². The molecular formula is C34H33ClN4O. The number of nitrogens with zero attached hydrogens (tertiary/aromatic N) is 3. The predicted molar refractivity (Wildman–Crippen MR) is 162 cm³/mol. The number of carbonyl (C=O) groups is 1. The van der Waals surface area contributed by atoms with Gasteiger partial charge in [-0.15, -0.1) is 0 Å². The smallest absolute Gasteiger partial charge is 0.222 e. The van der Waals surface area contributed by atoms with E-state index in [0.29, 0.717) is 11.4 Å². The van der Waals surface area contributed by atoms with Crippen LogP contribution < -0.4 is 0 Å². The number of hydrogen-bond donors (Lipinski definition) is 1. The second-order valence-electron chi connectivity index (χ2n) is 10.4. The van der Waals surface area contributed by atoms with Gasteiger partial charge in [-0.25, -0.2) is 0 Å². The molecule has 1 amide bonds. The summed E-state index contributed by atoms with van der Waals surface area (Å²) in [5, 5.41) is 1.81. The minimum Gasteiger partial charge on any atom is -0.353 e. The first kappa shape index (κ1) is 26.3. The van der Waals surface area contributed by atoms with Crippen molar-refractivity contribution in [3.05, 3.63) is 125 Å². The number of pyridine rings is 1. The zero-order valence-electron chi connectivity index (χ0n) is 22.5. The van der Waals surface area contributed by atoms with Gasteiger partial charge < -0.3 is 9.88 Å². The standard InChI is InChI=1S/C34H33ClN4O/c35-27-17-18-30-29(24-27)28(33(37-30)31-15-7-8-19-36-31)14-9-16-32(40)38-20-22-39(23-21-38)34(25-10-3-1-4-11-25)26-12-5-2-6-13-26/h1-8,10-13,15,17-19,24,34,37H,9,14,16,20-23H2. The van der Waals surface area contributed by atoms with E-state index < -0.39 is 0 Å². The molecule has 0 aliphatic carbocycles. The lowest BCUT2D eigenvalue weighted by atomic mass is 9.96. The zero-order valence-corrected chi connectivity index (χ0v) is 23.2. The molecule has 40 heavy (non-hydrogen) atoms. The van der Waals surface area contributed by atoms with Crippen LogP contribution in [0.1, 0.15) is 35.6 Å². The van der Waals surface area contributed by atoms with Crippen LogP contribution in [-0.4, -0.2) is 51.9 Å². The van der Waals surface area contributed by atoms with Gasteiger partial charge in [-0.1, -0.05) is 78.3 Å². The highest BCUT2D eigenvalue weighted by atomic mass is 35.5. The van der Waals surface area contributed by atoms with E-state index in [1.54, 1.807) is 6.20 Å². The Bertz CT molecular complexity index is 1520. The summed E-state index contributed by atoms with van der Waals surface area (Å²) in [6.07, 6.45) is 3.88. The van der Waals surface area contributed by atoms with Gasteiger partial charge in [0.1, 0.15) is 0 Å². The van der Waals surface area contributed by atoms with Crippen LogP contribution in [-0.2, 0) is 11.2 Å². The van der Waals surface area contributed by atoms with Gasteiger partial charge in [0.25, 0.3) is 0 Å². The number of rotatable bonds is 8. The van der Waals surface area contributed by atoms with E-state index in [0.717, 1.165) is 61.3 Å². The molecule has 0 atom stereocenters. The molecule has 5 aromatic rings. The van der Waals surface area contributed by atoms with Gasteiger partial charge >= 0.3 is 0 Å². The number of amides is 1. The summed E-state index contributed by atoms with van der Waals surface area (Å²) in [7, 11) is 0. The van der Waals surface area contributed by atoms with E-state index in [1.165, 1.54) is 16.7 Å². The first-order chi connectivity index (χ1) is 19.7. The molecule has 1 aliphatic rings. The predicted octanol–water partition coefficient (Wildman–Crippen LogP) is 7.14. The first-order valence-corrected chi connectivity index (χ1v) is 14.4. The molecule has 0 bridgehead atoms. The van der Waals surface area contributed by atoms with Crippen molar-refractivity contribution in [2.75, 3.05) is 26.2 Å². The quantitative estimate of drug-likeness (QED) is 0.224. The Balaban J connectivity index is 1.11. The highest BCUT2D eigenvalue weighted by Crippen LogP contribution is 2.33. The first-order valence-electron chi connectivity index (χ1n) is 14.0. The third-order valence-corrected chi connectivity index (χ3v) is 8.10. The molecule has 3 heterocycles. The van der Waals surface area contributed by atoms with Crippen molar-refractivity contribution in [3.8, 4) is 11.4 Å². The highest BCUT2D eigenvalue weighted by molar-refractivity contribution is 6.31. The lowest BCUT2D eigenvalue weighted by Crippen LogP contribution is -2.49. The van der Waals surface area contributed by atoms with E-state index in [2.05, 4.69) is 75.5 Å². The van der Waals surface area contributed by atoms with Gasteiger partial charge in [0.15, 0.2) is 0 Å². The molecule has 0 spiro atoms. The summed E-state index contributed by atoms with van der Waals surface area (Å²) in [5.41, 5.74) is 6.69. The number of halogens is 1. The SMILES string of the molecule is O=C(CCCc1c(-c2ccccn2)[nH]c2ccc(Cl)cc12)N1CCN(C(c2ccccc2)c2ccccc2)CC1. The number of aromatic amines is 1. The summed E-state index contributed by atoms with van der Waals surface area (Å²) in [6.45, 7) is 3.20.